The number of rotatable bonds is 6. The second-order valence-corrected chi connectivity index (χ2v) is 7.07. The Morgan fingerprint density at radius 1 is 0.968 bits per heavy atom. The van der Waals surface area contributed by atoms with E-state index in [9.17, 15) is 14.4 Å². The molecule has 0 unspecified atom stereocenters. The summed E-state index contributed by atoms with van der Waals surface area (Å²) < 4.78 is 9.31. The lowest BCUT2D eigenvalue weighted by atomic mass is 10.2. The summed E-state index contributed by atoms with van der Waals surface area (Å²) in [4.78, 5) is 35.6. The third-order valence-corrected chi connectivity index (χ3v) is 4.41. The molecule has 31 heavy (non-hydrogen) atoms. The van der Waals surface area contributed by atoms with Crippen LogP contribution in [0.1, 0.15) is 26.7 Å². The SMILES string of the molecule is COC.Cn1cc(NC(=O)Cc2cc(NC(=O)c3cc(N)cn3C)cn2C)cc1C=O. The number of nitrogens with zero attached hydrogens (tertiary/aromatic N) is 3. The first-order valence-electron chi connectivity index (χ1n) is 9.38. The molecule has 0 radical (unpaired) electrons. The molecule has 3 aromatic heterocycles. The van der Waals surface area contributed by atoms with Crippen molar-refractivity contribution in [1.82, 2.24) is 13.7 Å². The summed E-state index contributed by atoms with van der Waals surface area (Å²) in [5, 5.41) is 5.57. The molecule has 3 aromatic rings. The maximum Gasteiger partial charge on any atom is 0.272 e. The number of aldehydes is 1. The van der Waals surface area contributed by atoms with Crippen LogP contribution in [0.25, 0.3) is 0 Å². The Labute approximate surface area is 180 Å². The maximum atomic E-state index is 12.4. The Hall–Kier alpha value is -3.79. The minimum atomic E-state index is -0.286. The number of nitrogen functional groups attached to an aromatic ring is 1. The van der Waals surface area contributed by atoms with Gasteiger partial charge in [0.25, 0.3) is 5.91 Å². The molecule has 0 spiro atoms. The Morgan fingerprint density at radius 2 is 1.58 bits per heavy atom. The van der Waals surface area contributed by atoms with Gasteiger partial charge < -0.3 is 34.8 Å². The van der Waals surface area contributed by atoms with E-state index in [-0.39, 0.29) is 18.2 Å². The van der Waals surface area contributed by atoms with Crippen molar-refractivity contribution in [3.05, 3.63) is 53.9 Å². The smallest absolute Gasteiger partial charge is 0.272 e. The molecule has 3 rings (SSSR count). The van der Waals surface area contributed by atoms with Crippen LogP contribution in [0.2, 0.25) is 0 Å². The van der Waals surface area contributed by atoms with Gasteiger partial charge >= 0.3 is 0 Å². The average molecular weight is 428 g/mol. The summed E-state index contributed by atoms with van der Waals surface area (Å²) in [6.07, 6.45) is 5.91. The molecule has 0 aliphatic rings. The molecular weight excluding hydrogens is 400 g/mol. The van der Waals surface area contributed by atoms with Crippen LogP contribution < -0.4 is 16.4 Å². The standard InChI is InChI=1S/C19H22N6O3.C2H6O/c1-23-10-14(22-19(28)17-4-12(20)8-25(17)3)5-15(23)7-18(27)21-13-6-16(11-26)24(2)9-13;1-3-2/h4-6,8-11H,7,20H2,1-3H3,(H,21,27)(H,22,28);1-2H3. The molecule has 0 aliphatic carbocycles. The largest absolute Gasteiger partial charge is 0.397 e. The van der Waals surface area contributed by atoms with Gasteiger partial charge in [0.1, 0.15) is 5.69 Å². The number of aryl methyl sites for hydroxylation is 3. The maximum absolute atomic E-state index is 12.4. The second-order valence-electron chi connectivity index (χ2n) is 7.07. The molecule has 0 aromatic carbocycles. The average Bonchev–Trinajstić information content (AvgIpc) is 3.32. The highest BCUT2D eigenvalue weighted by molar-refractivity contribution is 6.04. The highest BCUT2D eigenvalue weighted by Crippen LogP contribution is 2.17. The van der Waals surface area contributed by atoms with Gasteiger partial charge in [-0.1, -0.05) is 0 Å². The summed E-state index contributed by atoms with van der Waals surface area (Å²) in [5.41, 5.74) is 8.99. The van der Waals surface area contributed by atoms with Gasteiger partial charge in [-0.2, -0.15) is 0 Å². The number of hydrogen-bond donors (Lipinski definition) is 3. The summed E-state index contributed by atoms with van der Waals surface area (Å²) in [6.45, 7) is 0. The van der Waals surface area contributed by atoms with E-state index in [1.165, 1.54) is 0 Å². The third kappa shape index (κ3) is 6.09. The molecule has 0 atom stereocenters. The Kier molecular flexibility index (Phi) is 7.81. The Bertz CT molecular complexity index is 1080. The zero-order valence-corrected chi connectivity index (χ0v) is 18.3. The number of amides is 2. The molecule has 0 bridgehead atoms. The predicted octanol–water partition coefficient (Wildman–Crippen LogP) is 1.79. The minimum absolute atomic E-state index is 0.120. The number of carbonyl (C=O) groups excluding carboxylic acids is 3. The second kappa shape index (κ2) is 10.3. The number of carbonyl (C=O) groups is 3. The van der Waals surface area contributed by atoms with E-state index in [4.69, 9.17) is 5.73 Å². The molecule has 166 valence electrons. The van der Waals surface area contributed by atoms with E-state index in [0.717, 1.165) is 12.0 Å². The van der Waals surface area contributed by atoms with E-state index < -0.39 is 0 Å². The topological polar surface area (TPSA) is 125 Å². The quantitative estimate of drug-likeness (QED) is 0.516. The molecular formula is C21H28N6O4. The lowest BCUT2D eigenvalue weighted by Gasteiger charge is -2.04. The van der Waals surface area contributed by atoms with Crippen molar-refractivity contribution in [1.29, 1.82) is 0 Å². The molecule has 4 N–H and O–H groups in total. The third-order valence-electron chi connectivity index (χ3n) is 4.41. The van der Waals surface area contributed by atoms with Crippen molar-refractivity contribution < 1.29 is 19.1 Å². The fraction of sp³-hybridized carbons (Fsp3) is 0.286. The van der Waals surface area contributed by atoms with Crippen molar-refractivity contribution in [3.63, 3.8) is 0 Å². The minimum Gasteiger partial charge on any atom is -0.397 e. The van der Waals surface area contributed by atoms with E-state index in [0.29, 0.717) is 28.5 Å². The molecule has 2 amide bonds. The Balaban J connectivity index is 0.00000107. The van der Waals surface area contributed by atoms with Crippen molar-refractivity contribution in [2.45, 2.75) is 6.42 Å². The lowest BCUT2D eigenvalue weighted by Crippen LogP contribution is -2.15. The normalized spacial score (nSPS) is 10.2. The van der Waals surface area contributed by atoms with Crippen LogP contribution in [0.3, 0.4) is 0 Å². The van der Waals surface area contributed by atoms with Crippen molar-refractivity contribution in [3.8, 4) is 0 Å². The number of nitrogens with one attached hydrogen (secondary N) is 2. The van der Waals surface area contributed by atoms with Gasteiger partial charge in [-0.3, -0.25) is 14.4 Å². The number of hydrogen-bond acceptors (Lipinski definition) is 5. The number of anilines is 3. The number of nitrogens with two attached hydrogens (primary N) is 1. The summed E-state index contributed by atoms with van der Waals surface area (Å²) in [7, 11) is 8.52. The van der Waals surface area contributed by atoms with Crippen molar-refractivity contribution in [2.24, 2.45) is 21.1 Å². The predicted molar refractivity (Wildman–Crippen MR) is 119 cm³/mol. The molecule has 0 aliphatic heterocycles. The summed E-state index contributed by atoms with van der Waals surface area (Å²) in [5.74, 6) is -0.510. The molecule has 0 saturated heterocycles. The van der Waals surface area contributed by atoms with Crippen LogP contribution in [0.4, 0.5) is 17.1 Å². The van der Waals surface area contributed by atoms with Crippen LogP contribution in [-0.4, -0.2) is 46.0 Å². The van der Waals surface area contributed by atoms with Crippen LogP contribution in [0, 0.1) is 0 Å². The zero-order valence-electron chi connectivity index (χ0n) is 18.3. The molecule has 10 heteroatoms. The number of aromatic nitrogens is 3. The molecule has 0 fully saturated rings. The number of ether oxygens (including phenoxy) is 1. The lowest BCUT2D eigenvalue weighted by molar-refractivity contribution is -0.115. The van der Waals surface area contributed by atoms with Gasteiger partial charge in [0.2, 0.25) is 5.91 Å². The fourth-order valence-electron chi connectivity index (χ4n) is 3.00. The van der Waals surface area contributed by atoms with Crippen molar-refractivity contribution >= 4 is 35.2 Å². The van der Waals surface area contributed by atoms with Crippen LogP contribution in [-0.2, 0) is 37.1 Å². The first kappa shape index (κ1) is 23.5. The van der Waals surface area contributed by atoms with Gasteiger partial charge in [0.05, 0.1) is 29.2 Å². The van der Waals surface area contributed by atoms with Crippen LogP contribution >= 0.6 is 0 Å². The zero-order chi connectivity index (χ0) is 23.1. The van der Waals surface area contributed by atoms with Gasteiger partial charge in [-0.15, -0.1) is 0 Å². The van der Waals surface area contributed by atoms with E-state index in [2.05, 4.69) is 15.4 Å². The van der Waals surface area contributed by atoms with Gasteiger partial charge in [-0.25, -0.2) is 0 Å². The van der Waals surface area contributed by atoms with Crippen LogP contribution in [0.15, 0.2) is 36.8 Å². The highest BCUT2D eigenvalue weighted by atomic mass is 16.4. The first-order chi connectivity index (χ1) is 14.7. The van der Waals surface area contributed by atoms with E-state index in [1.54, 1.807) is 85.9 Å². The Morgan fingerprint density at radius 3 is 2.13 bits per heavy atom. The van der Waals surface area contributed by atoms with Gasteiger partial charge in [0.15, 0.2) is 6.29 Å². The summed E-state index contributed by atoms with van der Waals surface area (Å²) in [6, 6.07) is 4.94. The van der Waals surface area contributed by atoms with Gasteiger partial charge in [-0.05, 0) is 18.2 Å². The monoisotopic (exact) mass is 428 g/mol. The van der Waals surface area contributed by atoms with E-state index >= 15 is 0 Å². The van der Waals surface area contributed by atoms with Gasteiger partial charge in [0, 0.05) is 59.6 Å². The van der Waals surface area contributed by atoms with Crippen LogP contribution in [0.5, 0.6) is 0 Å². The highest BCUT2D eigenvalue weighted by Gasteiger charge is 2.15. The first-order valence-corrected chi connectivity index (χ1v) is 9.38. The van der Waals surface area contributed by atoms with Crippen molar-refractivity contribution in [2.75, 3.05) is 30.6 Å². The van der Waals surface area contributed by atoms with E-state index in [1.807, 2.05) is 0 Å². The molecule has 10 nitrogen and oxygen atoms in total. The fourth-order valence-corrected chi connectivity index (χ4v) is 3.00. The molecule has 3 heterocycles. The molecule has 0 saturated carbocycles. The summed E-state index contributed by atoms with van der Waals surface area (Å²) >= 11 is 0. The number of methoxy groups -OCH3 is 1.